The van der Waals surface area contributed by atoms with Gasteiger partial charge in [0, 0.05) is 16.8 Å². The van der Waals surface area contributed by atoms with E-state index in [1.807, 2.05) is 41.7 Å². The Balaban J connectivity index is 1.56. The van der Waals surface area contributed by atoms with Gasteiger partial charge in [-0.1, -0.05) is 48.5 Å². The third-order valence-corrected chi connectivity index (χ3v) is 6.25. The van der Waals surface area contributed by atoms with E-state index in [2.05, 4.69) is 45.7 Å². The topological polar surface area (TPSA) is 38.1 Å². The van der Waals surface area contributed by atoms with E-state index < -0.39 is 0 Å². The molecule has 2 aromatic heterocycles. The van der Waals surface area contributed by atoms with Crippen LogP contribution in [0, 0.1) is 0 Å². The van der Waals surface area contributed by atoms with Crippen LogP contribution < -0.4 is 5.56 Å². The second-order valence-corrected chi connectivity index (χ2v) is 7.85. The Kier molecular flexibility index (Phi) is 4.11. The molecule has 0 spiro atoms. The molecular formula is C22H19N3OS. The fourth-order valence-electron chi connectivity index (χ4n) is 3.95. The molecule has 1 aliphatic heterocycles. The van der Waals surface area contributed by atoms with Crippen LogP contribution in [0.1, 0.15) is 22.0 Å². The number of hydrogen-bond donors (Lipinski definition) is 0. The molecule has 0 unspecified atom stereocenters. The first-order chi connectivity index (χ1) is 13.3. The largest absolute Gasteiger partial charge is 0.275 e. The van der Waals surface area contributed by atoms with Crippen molar-refractivity contribution >= 4 is 22.1 Å². The lowest BCUT2D eigenvalue weighted by Gasteiger charge is -2.36. The highest BCUT2D eigenvalue weighted by molar-refractivity contribution is 7.10. The maximum atomic E-state index is 12.9. The van der Waals surface area contributed by atoms with Crippen LogP contribution in [-0.4, -0.2) is 21.2 Å². The third-order valence-electron chi connectivity index (χ3n) is 5.26. The van der Waals surface area contributed by atoms with E-state index in [0.29, 0.717) is 6.67 Å². The van der Waals surface area contributed by atoms with E-state index in [9.17, 15) is 4.79 Å². The van der Waals surface area contributed by atoms with Crippen molar-refractivity contribution in [2.75, 3.05) is 6.54 Å². The Morgan fingerprint density at radius 3 is 2.74 bits per heavy atom. The molecule has 0 amide bonds. The fraction of sp³-hybridized carbons (Fsp3) is 0.182. The molecule has 2 aromatic carbocycles. The molecule has 5 rings (SSSR count). The van der Waals surface area contributed by atoms with E-state index in [4.69, 9.17) is 0 Å². The van der Waals surface area contributed by atoms with Gasteiger partial charge in [0.25, 0.3) is 5.56 Å². The van der Waals surface area contributed by atoms with Gasteiger partial charge in [0.2, 0.25) is 0 Å². The lowest BCUT2D eigenvalue weighted by molar-refractivity contribution is 0.154. The maximum absolute atomic E-state index is 12.9. The van der Waals surface area contributed by atoms with Crippen molar-refractivity contribution in [1.82, 2.24) is 14.7 Å². The molecule has 4 aromatic rings. The summed E-state index contributed by atoms with van der Waals surface area (Å²) in [7, 11) is 0. The van der Waals surface area contributed by atoms with E-state index in [-0.39, 0.29) is 11.6 Å². The normalized spacial score (nSPS) is 17.1. The number of thiophene rings is 1. The van der Waals surface area contributed by atoms with Gasteiger partial charge in [0.1, 0.15) is 0 Å². The van der Waals surface area contributed by atoms with Crippen LogP contribution in [0.25, 0.3) is 10.8 Å². The first-order valence-corrected chi connectivity index (χ1v) is 9.99. The van der Waals surface area contributed by atoms with Crippen molar-refractivity contribution < 1.29 is 0 Å². The Labute approximate surface area is 161 Å². The molecular weight excluding hydrogens is 354 g/mol. The van der Waals surface area contributed by atoms with E-state index in [0.717, 1.165) is 23.7 Å². The number of rotatable bonds is 3. The first kappa shape index (κ1) is 16.4. The molecule has 27 heavy (non-hydrogen) atoms. The summed E-state index contributed by atoms with van der Waals surface area (Å²) in [6, 6.07) is 20.5. The molecule has 3 heterocycles. The highest BCUT2D eigenvalue weighted by atomic mass is 32.1. The zero-order valence-electron chi connectivity index (χ0n) is 14.8. The average molecular weight is 373 g/mol. The van der Waals surface area contributed by atoms with Gasteiger partial charge in [-0.2, -0.15) is 5.10 Å². The summed E-state index contributed by atoms with van der Waals surface area (Å²) in [5.41, 5.74) is 2.58. The van der Waals surface area contributed by atoms with Crippen LogP contribution in [0.15, 0.2) is 77.0 Å². The number of aromatic nitrogens is 2. The molecule has 0 aliphatic carbocycles. The Bertz CT molecular complexity index is 1150. The molecule has 5 heteroatoms. The van der Waals surface area contributed by atoms with Crippen molar-refractivity contribution in [3.63, 3.8) is 0 Å². The van der Waals surface area contributed by atoms with Crippen molar-refractivity contribution in [1.29, 1.82) is 0 Å². The highest BCUT2D eigenvalue weighted by Crippen LogP contribution is 2.37. The lowest BCUT2D eigenvalue weighted by atomic mass is 9.94. The fourth-order valence-corrected chi connectivity index (χ4v) is 4.85. The summed E-state index contributed by atoms with van der Waals surface area (Å²) >= 11 is 1.83. The summed E-state index contributed by atoms with van der Waals surface area (Å²) in [4.78, 5) is 16.7. The number of hydrogen-bond acceptors (Lipinski definition) is 4. The van der Waals surface area contributed by atoms with Crippen LogP contribution in [0.2, 0.25) is 0 Å². The van der Waals surface area contributed by atoms with Gasteiger partial charge in [0.05, 0.1) is 24.3 Å². The van der Waals surface area contributed by atoms with Gasteiger partial charge < -0.3 is 0 Å². The van der Waals surface area contributed by atoms with Crippen LogP contribution >= 0.6 is 11.3 Å². The number of nitrogens with zero attached hydrogens (tertiary/aromatic N) is 3. The number of benzene rings is 2. The summed E-state index contributed by atoms with van der Waals surface area (Å²) in [6.45, 7) is 1.40. The first-order valence-electron chi connectivity index (χ1n) is 9.11. The predicted octanol–water partition coefficient (Wildman–Crippen LogP) is 4.06. The van der Waals surface area contributed by atoms with Crippen molar-refractivity contribution in [3.8, 4) is 0 Å². The van der Waals surface area contributed by atoms with Gasteiger partial charge in [0.15, 0.2) is 0 Å². The second kappa shape index (κ2) is 6.76. The molecule has 0 fully saturated rings. The zero-order chi connectivity index (χ0) is 18.2. The van der Waals surface area contributed by atoms with Gasteiger partial charge in [-0.05, 0) is 35.1 Å². The SMILES string of the molecule is O=c1c2ccccc2cnn1CN1CCc2sccc2[C@@H]1c1ccccc1. The van der Waals surface area contributed by atoms with Crippen molar-refractivity contribution in [3.05, 3.63) is 98.6 Å². The lowest BCUT2D eigenvalue weighted by Crippen LogP contribution is -2.40. The van der Waals surface area contributed by atoms with Crippen molar-refractivity contribution in [2.45, 2.75) is 19.1 Å². The van der Waals surface area contributed by atoms with Gasteiger partial charge in [-0.15, -0.1) is 11.3 Å². The molecule has 4 nitrogen and oxygen atoms in total. The quantitative estimate of drug-likeness (QED) is 0.543. The molecule has 0 N–H and O–H groups in total. The second-order valence-electron chi connectivity index (χ2n) is 6.85. The van der Waals surface area contributed by atoms with Crippen molar-refractivity contribution in [2.24, 2.45) is 0 Å². The summed E-state index contributed by atoms with van der Waals surface area (Å²) in [5.74, 6) is 0. The van der Waals surface area contributed by atoms with E-state index >= 15 is 0 Å². The van der Waals surface area contributed by atoms with Crippen LogP contribution in [-0.2, 0) is 13.1 Å². The van der Waals surface area contributed by atoms with E-state index in [1.165, 1.54) is 16.0 Å². The van der Waals surface area contributed by atoms with Crippen LogP contribution in [0.4, 0.5) is 0 Å². The maximum Gasteiger partial charge on any atom is 0.275 e. The van der Waals surface area contributed by atoms with Gasteiger partial charge in [-0.3, -0.25) is 9.69 Å². The summed E-state index contributed by atoms with van der Waals surface area (Å²) in [6.07, 6.45) is 2.80. The summed E-state index contributed by atoms with van der Waals surface area (Å²) < 4.78 is 1.59. The molecule has 0 saturated heterocycles. The predicted molar refractivity (Wildman–Crippen MR) is 109 cm³/mol. The Morgan fingerprint density at radius 1 is 1.04 bits per heavy atom. The van der Waals surface area contributed by atoms with E-state index in [1.54, 1.807) is 10.9 Å². The Morgan fingerprint density at radius 2 is 1.85 bits per heavy atom. The highest BCUT2D eigenvalue weighted by Gasteiger charge is 2.30. The smallest absolute Gasteiger partial charge is 0.273 e. The zero-order valence-corrected chi connectivity index (χ0v) is 15.6. The Hall–Kier alpha value is -2.76. The third kappa shape index (κ3) is 2.89. The van der Waals surface area contributed by atoms with Crippen LogP contribution in [0.3, 0.4) is 0 Å². The minimum Gasteiger partial charge on any atom is -0.273 e. The minimum atomic E-state index is -0.0315. The minimum absolute atomic E-state index is 0.0315. The molecule has 1 atom stereocenters. The van der Waals surface area contributed by atoms with Gasteiger partial charge in [-0.25, -0.2) is 4.68 Å². The van der Waals surface area contributed by atoms with Crippen LogP contribution in [0.5, 0.6) is 0 Å². The standard InChI is InChI=1S/C22H19N3OS/c26-22-18-9-5-4-8-17(18)14-23-25(22)15-24-12-10-20-19(11-13-27-20)21(24)16-6-2-1-3-7-16/h1-9,11,13-14,21H,10,12,15H2/t21-/m0/s1. The van der Waals surface area contributed by atoms with Gasteiger partial charge >= 0.3 is 0 Å². The molecule has 1 aliphatic rings. The molecule has 0 saturated carbocycles. The summed E-state index contributed by atoms with van der Waals surface area (Å²) in [5, 5.41) is 8.21. The molecule has 134 valence electrons. The monoisotopic (exact) mass is 373 g/mol. The average Bonchev–Trinajstić information content (AvgIpc) is 3.19. The number of fused-ring (bicyclic) bond motifs is 2. The molecule has 0 bridgehead atoms. The molecule has 0 radical (unpaired) electrons.